The van der Waals surface area contributed by atoms with Gasteiger partial charge in [0.25, 0.3) is 0 Å². The molecule has 16 heavy (non-hydrogen) atoms. The van der Waals surface area contributed by atoms with Crippen molar-refractivity contribution in [3.63, 3.8) is 0 Å². The first-order valence-corrected chi connectivity index (χ1v) is 6.37. The summed E-state index contributed by atoms with van der Waals surface area (Å²) in [5.41, 5.74) is 5.61. The summed E-state index contributed by atoms with van der Waals surface area (Å²) in [6, 6.07) is 0.393. The number of ether oxygens (including phenoxy) is 1. The van der Waals surface area contributed by atoms with Crippen molar-refractivity contribution in [3.8, 4) is 0 Å². The maximum atomic E-state index is 5.97. The highest BCUT2D eigenvalue weighted by Gasteiger charge is 2.32. The van der Waals surface area contributed by atoms with Crippen LogP contribution in [0.15, 0.2) is 0 Å². The van der Waals surface area contributed by atoms with E-state index in [4.69, 9.17) is 22.7 Å². The summed E-state index contributed by atoms with van der Waals surface area (Å²) in [7, 11) is 2.11. The van der Waals surface area contributed by atoms with Gasteiger partial charge in [-0.1, -0.05) is 12.2 Å². The Morgan fingerprint density at radius 3 is 2.69 bits per heavy atom. The summed E-state index contributed by atoms with van der Waals surface area (Å²) in [6.07, 6.45) is 3.43. The lowest BCUT2D eigenvalue weighted by Crippen LogP contribution is -2.38. The van der Waals surface area contributed by atoms with Crippen LogP contribution in [0.2, 0.25) is 0 Å². The zero-order chi connectivity index (χ0) is 12.3. The fourth-order valence-corrected chi connectivity index (χ4v) is 2.40. The summed E-state index contributed by atoms with van der Waals surface area (Å²) >= 11 is 4.93. The molecule has 1 saturated heterocycles. The van der Waals surface area contributed by atoms with E-state index in [0.717, 1.165) is 25.8 Å². The van der Waals surface area contributed by atoms with Crippen molar-refractivity contribution in [1.82, 2.24) is 4.90 Å². The normalized spacial score (nSPS) is 25.9. The van der Waals surface area contributed by atoms with Crippen molar-refractivity contribution in [2.24, 2.45) is 5.73 Å². The molecule has 1 heterocycles. The molecule has 2 unspecified atom stereocenters. The highest BCUT2D eigenvalue weighted by molar-refractivity contribution is 7.80. The molecule has 1 aliphatic heterocycles. The van der Waals surface area contributed by atoms with Crippen LogP contribution in [-0.4, -0.2) is 41.2 Å². The van der Waals surface area contributed by atoms with E-state index < -0.39 is 0 Å². The molecule has 1 rings (SSSR count). The lowest BCUT2D eigenvalue weighted by molar-refractivity contribution is -0.0291. The summed E-state index contributed by atoms with van der Waals surface area (Å²) < 4.78 is 5.97. The van der Waals surface area contributed by atoms with Crippen molar-refractivity contribution in [1.29, 1.82) is 0 Å². The Balaban J connectivity index is 2.34. The first-order chi connectivity index (χ1) is 7.30. The van der Waals surface area contributed by atoms with Crippen LogP contribution in [0.1, 0.15) is 40.0 Å². The van der Waals surface area contributed by atoms with Crippen LogP contribution in [0.3, 0.4) is 0 Å². The predicted molar refractivity (Wildman–Crippen MR) is 71.7 cm³/mol. The first kappa shape index (κ1) is 13.9. The highest BCUT2D eigenvalue weighted by Crippen LogP contribution is 2.29. The van der Waals surface area contributed by atoms with Crippen molar-refractivity contribution < 1.29 is 4.74 Å². The van der Waals surface area contributed by atoms with Gasteiger partial charge in [0.05, 0.1) is 16.7 Å². The minimum atomic E-state index is 0.0535. The smallest absolute Gasteiger partial charge is 0.0742 e. The number of hydrogen-bond acceptors (Lipinski definition) is 3. The Morgan fingerprint density at radius 1 is 1.62 bits per heavy atom. The molecule has 0 saturated carbocycles. The molecule has 3 nitrogen and oxygen atoms in total. The average Bonchev–Trinajstić information content (AvgIpc) is 2.44. The van der Waals surface area contributed by atoms with Gasteiger partial charge in [-0.15, -0.1) is 0 Å². The zero-order valence-corrected chi connectivity index (χ0v) is 11.6. The molecule has 1 fully saturated rings. The molecular formula is C12H24N2OS. The van der Waals surface area contributed by atoms with Gasteiger partial charge >= 0.3 is 0 Å². The van der Waals surface area contributed by atoms with Gasteiger partial charge in [0, 0.05) is 19.0 Å². The van der Waals surface area contributed by atoms with Gasteiger partial charge < -0.3 is 15.4 Å². The number of rotatable bonds is 5. The van der Waals surface area contributed by atoms with E-state index in [-0.39, 0.29) is 5.60 Å². The van der Waals surface area contributed by atoms with Gasteiger partial charge in [0.1, 0.15) is 0 Å². The third-order valence-corrected chi connectivity index (χ3v) is 3.46. The molecule has 2 N–H and O–H groups in total. The Morgan fingerprint density at radius 2 is 2.25 bits per heavy atom. The molecule has 94 valence electrons. The largest absolute Gasteiger partial charge is 0.393 e. The van der Waals surface area contributed by atoms with Gasteiger partial charge in [0.2, 0.25) is 0 Å². The van der Waals surface area contributed by atoms with Crippen LogP contribution in [0.5, 0.6) is 0 Å². The standard InChI is InChI=1S/C12H24N2OS/c1-9(7-11(13)16)14(4)8-10-5-6-12(2,3)15-10/h9-10H,5-8H2,1-4H3,(H2,13,16). The molecule has 0 aromatic rings. The van der Waals surface area contributed by atoms with Gasteiger partial charge in [-0.2, -0.15) is 0 Å². The molecule has 4 heteroatoms. The van der Waals surface area contributed by atoms with Crippen LogP contribution in [0.25, 0.3) is 0 Å². The van der Waals surface area contributed by atoms with E-state index in [2.05, 4.69) is 32.7 Å². The van der Waals surface area contributed by atoms with Crippen molar-refractivity contribution in [3.05, 3.63) is 0 Å². The minimum Gasteiger partial charge on any atom is -0.393 e. The van der Waals surface area contributed by atoms with Crippen LogP contribution in [-0.2, 0) is 4.74 Å². The van der Waals surface area contributed by atoms with Crippen molar-refractivity contribution in [2.75, 3.05) is 13.6 Å². The molecule has 0 aliphatic carbocycles. The summed E-state index contributed by atoms with van der Waals surface area (Å²) in [4.78, 5) is 2.87. The van der Waals surface area contributed by atoms with E-state index in [1.807, 2.05) is 0 Å². The maximum absolute atomic E-state index is 5.97. The maximum Gasteiger partial charge on any atom is 0.0742 e. The molecule has 0 amide bonds. The van der Waals surface area contributed by atoms with Crippen LogP contribution >= 0.6 is 12.2 Å². The molecule has 0 aromatic heterocycles. The predicted octanol–water partition coefficient (Wildman–Crippen LogP) is 1.94. The summed E-state index contributed by atoms with van der Waals surface area (Å²) in [5.74, 6) is 0. The molecule has 1 aliphatic rings. The van der Waals surface area contributed by atoms with E-state index >= 15 is 0 Å². The van der Waals surface area contributed by atoms with Crippen LogP contribution in [0, 0.1) is 0 Å². The van der Waals surface area contributed by atoms with E-state index in [9.17, 15) is 0 Å². The third kappa shape index (κ3) is 4.36. The number of nitrogens with zero attached hydrogens (tertiary/aromatic N) is 1. The topological polar surface area (TPSA) is 38.5 Å². The zero-order valence-electron chi connectivity index (χ0n) is 10.8. The highest BCUT2D eigenvalue weighted by atomic mass is 32.1. The lowest BCUT2D eigenvalue weighted by atomic mass is 10.1. The molecule has 0 radical (unpaired) electrons. The van der Waals surface area contributed by atoms with Gasteiger partial charge in [0.15, 0.2) is 0 Å². The molecular weight excluding hydrogens is 220 g/mol. The SMILES string of the molecule is CC(CC(N)=S)N(C)CC1CCC(C)(C)O1. The molecule has 0 spiro atoms. The second-order valence-electron chi connectivity index (χ2n) is 5.50. The Labute approximate surface area is 104 Å². The Kier molecular flexibility index (Phi) is 4.71. The Hall–Kier alpha value is -0.190. The number of nitrogens with two attached hydrogens (primary N) is 1. The summed E-state index contributed by atoms with van der Waals surface area (Å²) in [6.45, 7) is 7.43. The number of hydrogen-bond donors (Lipinski definition) is 1. The number of thiocarbonyl (C=S) groups is 1. The van der Waals surface area contributed by atoms with Gasteiger partial charge in [-0.05, 0) is 40.7 Å². The van der Waals surface area contributed by atoms with E-state index in [1.54, 1.807) is 0 Å². The monoisotopic (exact) mass is 244 g/mol. The average molecular weight is 244 g/mol. The van der Waals surface area contributed by atoms with Crippen LogP contribution in [0.4, 0.5) is 0 Å². The molecule has 0 bridgehead atoms. The molecule has 0 aromatic carbocycles. The third-order valence-electron chi connectivity index (χ3n) is 3.29. The van der Waals surface area contributed by atoms with Crippen LogP contribution < -0.4 is 5.73 Å². The van der Waals surface area contributed by atoms with E-state index in [1.165, 1.54) is 0 Å². The minimum absolute atomic E-state index is 0.0535. The molecule has 2 atom stereocenters. The van der Waals surface area contributed by atoms with Gasteiger partial charge in [-0.3, -0.25) is 0 Å². The second-order valence-corrected chi connectivity index (χ2v) is 6.02. The Bertz CT molecular complexity index is 255. The second kappa shape index (κ2) is 5.43. The fraction of sp³-hybridized carbons (Fsp3) is 0.917. The number of likely N-dealkylation sites (N-methyl/N-ethyl adjacent to an activating group) is 1. The summed E-state index contributed by atoms with van der Waals surface area (Å²) in [5, 5.41) is 0. The first-order valence-electron chi connectivity index (χ1n) is 5.96. The lowest BCUT2D eigenvalue weighted by Gasteiger charge is -2.28. The van der Waals surface area contributed by atoms with E-state index in [0.29, 0.717) is 17.1 Å². The van der Waals surface area contributed by atoms with Crippen molar-refractivity contribution in [2.45, 2.75) is 57.8 Å². The van der Waals surface area contributed by atoms with Gasteiger partial charge in [-0.25, -0.2) is 0 Å². The quantitative estimate of drug-likeness (QED) is 0.750. The fourth-order valence-electron chi connectivity index (χ4n) is 2.15. The van der Waals surface area contributed by atoms with Crippen molar-refractivity contribution >= 4 is 17.2 Å².